The van der Waals surface area contributed by atoms with Gasteiger partial charge in [-0.2, -0.15) is 13.2 Å². The van der Waals surface area contributed by atoms with Gasteiger partial charge in [0.2, 0.25) is 11.8 Å². The number of sulfonamides is 1. The molecule has 0 saturated carbocycles. The number of amides is 2. The molecule has 3 rings (SSSR count). The van der Waals surface area contributed by atoms with Gasteiger partial charge in [0.1, 0.15) is 18.4 Å². The van der Waals surface area contributed by atoms with E-state index in [1.54, 1.807) is 13.8 Å². The topological polar surface area (TPSA) is 86.8 Å². The van der Waals surface area contributed by atoms with E-state index in [1.807, 2.05) is 0 Å². The second-order valence-corrected chi connectivity index (χ2v) is 10.9. The molecule has 214 valence electrons. The first-order valence-electron chi connectivity index (χ1n) is 12.3. The molecule has 3 aromatic rings. The highest BCUT2D eigenvalue weighted by Crippen LogP contribution is 2.33. The van der Waals surface area contributed by atoms with Gasteiger partial charge in [0.25, 0.3) is 10.0 Å². The fraction of sp³-hybridized carbons (Fsp3) is 0.286. The Labute approximate surface area is 230 Å². The first kappa shape index (κ1) is 30.6. The second-order valence-electron chi connectivity index (χ2n) is 9.06. The molecule has 0 aromatic heterocycles. The van der Waals surface area contributed by atoms with Crippen molar-refractivity contribution in [2.75, 3.05) is 17.9 Å². The van der Waals surface area contributed by atoms with Crippen molar-refractivity contribution >= 4 is 27.5 Å². The molecule has 0 aliphatic heterocycles. The minimum absolute atomic E-state index is 0.154. The van der Waals surface area contributed by atoms with Crippen molar-refractivity contribution in [1.82, 2.24) is 10.2 Å². The van der Waals surface area contributed by atoms with Gasteiger partial charge in [-0.3, -0.25) is 13.9 Å². The fourth-order valence-electron chi connectivity index (χ4n) is 4.08. The van der Waals surface area contributed by atoms with Crippen molar-refractivity contribution in [3.63, 3.8) is 0 Å². The first-order valence-corrected chi connectivity index (χ1v) is 13.7. The highest BCUT2D eigenvalue weighted by Gasteiger charge is 2.35. The number of anilines is 1. The van der Waals surface area contributed by atoms with Crippen LogP contribution in [-0.2, 0) is 32.3 Å². The Morgan fingerprint density at radius 1 is 0.975 bits per heavy atom. The molecular weight excluding hydrogens is 550 g/mol. The van der Waals surface area contributed by atoms with E-state index in [2.05, 4.69) is 5.32 Å². The highest BCUT2D eigenvalue weighted by atomic mass is 32.2. The highest BCUT2D eigenvalue weighted by molar-refractivity contribution is 7.92. The maximum atomic E-state index is 13.8. The van der Waals surface area contributed by atoms with Crippen LogP contribution in [0, 0.1) is 12.7 Å². The molecule has 0 radical (unpaired) electrons. The van der Waals surface area contributed by atoms with E-state index in [0.29, 0.717) is 15.9 Å². The summed E-state index contributed by atoms with van der Waals surface area (Å²) in [5.41, 5.74) is -0.258. The fourth-order valence-corrected chi connectivity index (χ4v) is 5.48. The van der Waals surface area contributed by atoms with Crippen LogP contribution < -0.4 is 9.62 Å². The van der Waals surface area contributed by atoms with Crippen LogP contribution in [0.1, 0.15) is 30.0 Å². The normalized spacial score (nSPS) is 12.5. The molecule has 0 aliphatic carbocycles. The summed E-state index contributed by atoms with van der Waals surface area (Å²) in [7, 11) is -3.15. The summed E-state index contributed by atoms with van der Waals surface area (Å²) in [5.74, 6) is -1.88. The second kappa shape index (κ2) is 12.5. The number of alkyl halides is 3. The number of likely N-dealkylation sites (N-methyl/N-ethyl adjacent to an activating group) is 1. The average molecular weight is 580 g/mol. The van der Waals surface area contributed by atoms with Crippen LogP contribution >= 0.6 is 0 Å². The predicted octanol–water partition coefficient (Wildman–Crippen LogP) is 4.90. The maximum Gasteiger partial charge on any atom is 0.416 e. The van der Waals surface area contributed by atoms with Gasteiger partial charge < -0.3 is 10.2 Å². The summed E-state index contributed by atoms with van der Waals surface area (Å²) in [6.45, 7) is 2.32. The van der Waals surface area contributed by atoms with Gasteiger partial charge >= 0.3 is 6.18 Å². The Morgan fingerprint density at radius 2 is 1.60 bits per heavy atom. The minimum Gasteiger partial charge on any atom is -0.357 e. The number of hydrogen-bond donors (Lipinski definition) is 1. The molecule has 0 unspecified atom stereocenters. The largest absolute Gasteiger partial charge is 0.416 e. The summed E-state index contributed by atoms with van der Waals surface area (Å²) >= 11 is 0. The lowest BCUT2D eigenvalue weighted by Crippen LogP contribution is -2.51. The van der Waals surface area contributed by atoms with E-state index in [9.17, 15) is 35.6 Å². The van der Waals surface area contributed by atoms with Crippen molar-refractivity contribution in [3.8, 4) is 0 Å². The molecule has 0 saturated heterocycles. The molecule has 1 atom stereocenters. The molecule has 2 amide bonds. The number of benzene rings is 3. The van der Waals surface area contributed by atoms with E-state index < -0.39 is 52.0 Å². The molecule has 7 nitrogen and oxygen atoms in total. The number of hydrogen-bond acceptors (Lipinski definition) is 4. The van der Waals surface area contributed by atoms with Gasteiger partial charge in [0.15, 0.2) is 0 Å². The quantitative estimate of drug-likeness (QED) is 0.346. The number of carbonyl (C=O) groups excluding carboxylic acids is 2. The molecule has 0 bridgehead atoms. The molecule has 0 heterocycles. The molecule has 12 heteroatoms. The Morgan fingerprint density at radius 3 is 2.15 bits per heavy atom. The zero-order valence-electron chi connectivity index (χ0n) is 22.1. The van der Waals surface area contributed by atoms with E-state index >= 15 is 0 Å². The van der Waals surface area contributed by atoms with Crippen LogP contribution in [0.2, 0.25) is 0 Å². The van der Waals surface area contributed by atoms with Crippen LogP contribution in [-0.4, -0.2) is 44.8 Å². The van der Waals surface area contributed by atoms with Gasteiger partial charge in [0, 0.05) is 13.6 Å². The Hall–Kier alpha value is -3.93. The van der Waals surface area contributed by atoms with Crippen molar-refractivity contribution in [2.45, 2.75) is 43.9 Å². The standard InChI is InChI=1S/C28H29F4N3O4S/c1-4-25(27(37)33-3)34(17-20-10-12-22(29)13-11-20)26(36)18-35(23-7-5-6-21(16-23)28(30,31)32)40(38,39)24-14-8-19(2)9-15-24/h5-16,25H,4,17-18H2,1-3H3,(H,33,37)/t25-/m1/s1. The van der Waals surface area contributed by atoms with Crippen LogP contribution in [0.15, 0.2) is 77.7 Å². The van der Waals surface area contributed by atoms with Gasteiger partial charge in [-0.05, 0) is 61.4 Å². The van der Waals surface area contributed by atoms with Crippen LogP contribution in [0.3, 0.4) is 0 Å². The number of rotatable bonds is 10. The summed E-state index contributed by atoms with van der Waals surface area (Å²) < 4.78 is 82.1. The molecule has 1 N–H and O–H groups in total. The number of nitrogens with one attached hydrogen (secondary N) is 1. The van der Waals surface area contributed by atoms with Gasteiger partial charge in [0.05, 0.1) is 16.1 Å². The zero-order chi connectivity index (χ0) is 29.7. The van der Waals surface area contributed by atoms with Crippen LogP contribution in [0.25, 0.3) is 0 Å². The Bertz CT molecular complexity index is 1440. The maximum absolute atomic E-state index is 13.8. The smallest absolute Gasteiger partial charge is 0.357 e. The first-order chi connectivity index (χ1) is 18.8. The summed E-state index contributed by atoms with van der Waals surface area (Å²) in [4.78, 5) is 27.4. The number of nitrogens with zero attached hydrogens (tertiary/aromatic N) is 2. The third-order valence-electron chi connectivity index (χ3n) is 6.25. The van der Waals surface area contributed by atoms with Crippen molar-refractivity contribution in [2.24, 2.45) is 0 Å². The molecule has 0 fully saturated rings. The number of carbonyl (C=O) groups is 2. The van der Waals surface area contributed by atoms with E-state index in [1.165, 1.54) is 55.6 Å². The lowest BCUT2D eigenvalue weighted by Gasteiger charge is -2.33. The van der Waals surface area contributed by atoms with Crippen molar-refractivity contribution in [3.05, 3.63) is 95.3 Å². The third-order valence-corrected chi connectivity index (χ3v) is 8.04. The van der Waals surface area contributed by atoms with Gasteiger partial charge in [-0.15, -0.1) is 0 Å². The summed E-state index contributed by atoms with van der Waals surface area (Å²) in [6.07, 6.45) is -4.61. The Balaban J connectivity index is 2.11. The van der Waals surface area contributed by atoms with Crippen molar-refractivity contribution in [1.29, 1.82) is 0 Å². The van der Waals surface area contributed by atoms with E-state index in [0.717, 1.165) is 28.7 Å². The minimum atomic E-state index is -4.76. The lowest BCUT2D eigenvalue weighted by molar-refractivity contribution is -0.140. The predicted molar refractivity (Wildman–Crippen MR) is 142 cm³/mol. The SMILES string of the molecule is CC[C@H](C(=O)NC)N(Cc1ccc(F)cc1)C(=O)CN(c1cccc(C(F)(F)F)c1)S(=O)(=O)c1ccc(C)cc1. The average Bonchev–Trinajstić information content (AvgIpc) is 2.92. The lowest BCUT2D eigenvalue weighted by atomic mass is 10.1. The Kier molecular flexibility index (Phi) is 9.56. The van der Waals surface area contributed by atoms with Gasteiger partial charge in [-0.25, -0.2) is 12.8 Å². The number of halogens is 4. The van der Waals surface area contributed by atoms with Crippen LogP contribution in [0.5, 0.6) is 0 Å². The molecule has 0 aliphatic rings. The zero-order valence-corrected chi connectivity index (χ0v) is 22.9. The van der Waals surface area contributed by atoms with E-state index in [-0.39, 0.29) is 23.5 Å². The third kappa shape index (κ3) is 7.17. The van der Waals surface area contributed by atoms with Crippen molar-refractivity contribution < 1.29 is 35.6 Å². The molecule has 40 heavy (non-hydrogen) atoms. The summed E-state index contributed by atoms with van der Waals surface area (Å²) in [5, 5.41) is 2.47. The molecule has 0 spiro atoms. The summed E-state index contributed by atoms with van der Waals surface area (Å²) in [6, 6.07) is 13.5. The monoisotopic (exact) mass is 579 g/mol. The van der Waals surface area contributed by atoms with Crippen LogP contribution in [0.4, 0.5) is 23.2 Å². The van der Waals surface area contributed by atoms with Gasteiger partial charge in [-0.1, -0.05) is 42.8 Å². The van der Waals surface area contributed by atoms with E-state index in [4.69, 9.17) is 0 Å². The molecular formula is C28H29F4N3O4S. The molecule has 3 aromatic carbocycles. The number of aryl methyl sites for hydroxylation is 1.